The Hall–Kier alpha value is -0.630. The van der Waals surface area contributed by atoms with E-state index in [0.717, 1.165) is 26.1 Å². The lowest BCUT2D eigenvalue weighted by atomic mass is 9.91. The number of piperidine rings is 1. The molecular weight excluding hydrogens is 226 g/mol. The molecule has 104 valence electrons. The summed E-state index contributed by atoms with van der Waals surface area (Å²) in [5, 5.41) is 12.3. The molecule has 0 amide bonds. The summed E-state index contributed by atoms with van der Waals surface area (Å²) in [6.07, 6.45) is 3.36. The van der Waals surface area contributed by atoms with Gasteiger partial charge < -0.3 is 15.0 Å². The van der Waals surface area contributed by atoms with Crippen molar-refractivity contribution < 1.29 is 4.74 Å². The molecular formula is C14H27N3O. The topological polar surface area (TPSA) is 48.3 Å². The van der Waals surface area contributed by atoms with Crippen molar-refractivity contribution in [2.75, 3.05) is 33.9 Å². The molecule has 0 spiro atoms. The number of methoxy groups -OCH3 is 1. The molecule has 0 aromatic heterocycles. The highest BCUT2D eigenvalue weighted by molar-refractivity contribution is 5.04. The molecule has 1 saturated heterocycles. The number of nitrogens with one attached hydrogen (secondary N) is 1. The summed E-state index contributed by atoms with van der Waals surface area (Å²) in [6.45, 7) is 7.29. The van der Waals surface area contributed by atoms with Gasteiger partial charge in [-0.2, -0.15) is 5.26 Å². The van der Waals surface area contributed by atoms with Crippen LogP contribution in [0, 0.1) is 17.2 Å². The van der Waals surface area contributed by atoms with Crippen LogP contribution in [0.1, 0.15) is 33.1 Å². The fourth-order valence-corrected chi connectivity index (χ4v) is 2.79. The van der Waals surface area contributed by atoms with Crippen molar-refractivity contribution >= 4 is 0 Å². The molecule has 0 aromatic rings. The lowest BCUT2D eigenvalue weighted by molar-refractivity contribution is 0.0655. The Bertz CT molecular complexity index is 287. The average molecular weight is 253 g/mol. The molecule has 1 rings (SSSR count). The Balaban J connectivity index is 2.51. The van der Waals surface area contributed by atoms with E-state index in [-0.39, 0.29) is 0 Å². The Kier molecular flexibility index (Phi) is 6.07. The maximum absolute atomic E-state index is 9.22. The first-order valence-corrected chi connectivity index (χ1v) is 6.88. The standard InChI is InChI=1S/C14H27N3O/c1-12(8-14(2,11-15)16-3)17-7-5-6-13(9-17)10-18-4/h12-13,16H,5-10H2,1-4H3. The van der Waals surface area contributed by atoms with Crippen LogP contribution in [-0.4, -0.2) is 50.3 Å². The Morgan fingerprint density at radius 3 is 2.89 bits per heavy atom. The quantitative estimate of drug-likeness (QED) is 0.781. The summed E-state index contributed by atoms with van der Waals surface area (Å²) in [5.74, 6) is 0.647. The first kappa shape index (κ1) is 15.4. The third-order valence-corrected chi connectivity index (χ3v) is 4.08. The Labute approximate surface area is 111 Å². The van der Waals surface area contributed by atoms with Crippen LogP contribution in [-0.2, 0) is 4.74 Å². The molecule has 3 unspecified atom stereocenters. The molecule has 0 aromatic carbocycles. The second-order valence-corrected chi connectivity index (χ2v) is 5.71. The molecule has 1 heterocycles. The van der Waals surface area contributed by atoms with Gasteiger partial charge in [-0.25, -0.2) is 0 Å². The zero-order valence-electron chi connectivity index (χ0n) is 12.2. The number of ether oxygens (including phenoxy) is 1. The van der Waals surface area contributed by atoms with E-state index in [0.29, 0.717) is 12.0 Å². The largest absolute Gasteiger partial charge is 0.384 e. The van der Waals surface area contributed by atoms with Crippen molar-refractivity contribution in [3.05, 3.63) is 0 Å². The maximum atomic E-state index is 9.22. The molecule has 0 saturated carbocycles. The predicted octanol–water partition coefficient (Wildman–Crippen LogP) is 1.63. The Morgan fingerprint density at radius 1 is 1.61 bits per heavy atom. The molecule has 4 heteroatoms. The number of likely N-dealkylation sites (tertiary alicyclic amines) is 1. The zero-order valence-corrected chi connectivity index (χ0v) is 12.2. The highest BCUT2D eigenvalue weighted by Gasteiger charge is 2.29. The summed E-state index contributed by atoms with van der Waals surface area (Å²) in [4.78, 5) is 2.50. The molecule has 18 heavy (non-hydrogen) atoms. The third-order valence-electron chi connectivity index (χ3n) is 4.08. The molecule has 3 atom stereocenters. The minimum absolute atomic E-state index is 0.423. The number of hydrogen-bond donors (Lipinski definition) is 1. The molecule has 1 aliphatic rings. The van der Waals surface area contributed by atoms with Crippen LogP contribution < -0.4 is 5.32 Å². The fraction of sp³-hybridized carbons (Fsp3) is 0.929. The van der Waals surface area contributed by atoms with Crippen LogP contribution in [0.25, 0.3) is 0 Å². The smallest absolute Gasteiger partial charge is 0.105 e. The number of nitriles is 1. The first-order chi connectivity index (χ1) is 8.54. The van der Waals surface area contributed by atoms with Crippen molar-refractivity contribution in [2.45, 2.75) is 44.7 Å². The molecule has 0 radical (unpaired) electrons. The monoisotopic (exact) mass is 253 g/mol. The van der Waals surface area contributed by atoms with Crippen molar-refractivity contribution in [3.8, 4) is 6.07 Å². The average Bonchev–Trinajstić information content (AvgIpc) is 2.39. The molecule has 0 aliphatic carbocycles. The summed E-state index contributed by atoms with van der Waals surface area (Å²) in [7, 11) is 3.63. The van der Waals surface area contributed by atoms with Gasteiger partial charge in [0.1, 0.15) is 5.54 Å². The van der Waals surface area contributed by atoms with Crippen LogP contribution in [0.5, 0.6) is 0 Å². The van der Waals surface area contributed by atoms with Crippen molar-refractivity contribution in [2.24, 2.45) is 5.92 Å². The van der Waals surface area contributed by atoms with Gasteiger partial charge in [0.2, 0.25) is 0 Å². The van der Waals surface area contributed by atoms with Gasteiger partial charge in [-0.15, -0.1) is 0 Å². The highest BCUT2D eigenvalue weighted by atomic mass is 16.5. The lowest BCUT2D eigenvalue weighted by Crippen LogP contribution is -2.48. The number of hydrogen-bond acceptors (Lipinski definition) is 4. The van der Waals surface area contributed by atoms with Crippen LogP contribution in [0.15, 0.2) is 0 Å². The van der Waals surface area contributed by atoms with E-state index in [2.05, 4.69) is 23.2 Å². The van der Waals surface area contributed by atoms with Gasteiger partial charge in [-0.05, 0) is 52.6 Å². The van der Waals surface area contributed by atoms with Gasteiger partial charge in [0.15, 0.2) is 0 Å². The van der Waals surface area contributed by atoms with E-state index in [1.807, 2.05) is 14.0 Å². The van der Waals surface area contributed by atoms with Gasteiger partial charge in [0.05, 0.1) is 12.7 Å². The molecule has 0 bridgehead atoms. The molecule has 1 N–H and O–H groups in total. The first-order valence-electron chi connectivity index (χ1n) is 6.88. The van der Waals surface area contributed by atoms with Crippen LogP contribution >= 0.6 is 0 Å². The summed E-state index contributed by atoms with van der Waals surface area (Å²) in [6, 6.07) is 2.80. The van der Waals surface area contributed by atoms with E-state index in [9.17, 15) is 5.26 Å². The number of rotatable bonds is 6. The Morgan fingerprint density at radius 2 is 2.33 bits per heavy atom. The van der Waals surface area contributed by atoms with Gasteiger partial charge in [0, 0.05) is 19.7 Å². The van der Waals surface area contributed by atoms with Crippen LogP contribution in [0.3, 0.4) is 0 Å². The van der Waals surface area contributed by atoms with E-state index in [1.54, 1.807) is 7.11 Å². The minimum atomic E-state index is -0.423. The summed E-state index contributed by atoms with van der Waals surface area (Å²) < 4.78 is 5.26. The van der Waals surface area contributed by atoms with E-state index in [4.69, 9.17) is 4.74 Å². The fourth-order valence-electron chi connectivity index (χ4n) is 2.79. The van der Waals surface area contributed by atoms with Crippen molar-refractivity contribution in [1.29, 1.82) is 5.26 Å². The van der Waals surface area contributed by atoms with Gasteiger partial charge in [-0.1, -0.05) is 0 Å². The molecule has 1 fully saturated rings. The zero-order chi connectivity index (χ0) is 13.6. The third kappa shape index (κ3) is 4.24. The minimum Gasteiger partial charge on any atom is -0.384 e. The normalized spacial score (nSPS) is 26.3. The maximum Gasteiger partial charge on any atom is 0.105 e. The lowest BCUT2D eigenvalue weighted by Gasteiger charge is -2.38. The second-order valence-electron chi connectivity index (χ2n) is 5.71. The highest BCUT2D eigenvalue weighted by Crippen LogP contribution is 2.22. The van der Waals surface area contributed by atoms with Gasteiger partial charge in [-0.3, -0.25) is 0 Å². The van der Waals surface area contributed by atoms with Crippen molar-refractivity contribution in [1.82, 2.24) is 10.2 Å². The van der Waals surface area contributed by atoms with Crippen LogP contribution in [0.2, 0.25) is 0 Å². The predicted molar refractivity (Wildman–Crippen MR) is 73.3 cm³/mol. The van der Waals surface area contributed by atoms with E-state index >= 15 is 0 Å². The van der Waals surface area contributed by atoms with Gasteiger partial charge >= 0.3 is 0 Å². The molecule has 1 aliphatic heterocycles. The van der Waals surface area contributed by atoms with Gasteiger partial charge in [0.25, 0.3) is 0 Å². The van der Waals surface area contributed by atoms with Crippen molar-refractivity contribution in [3.63, 3.8) is 0 Å². The second kappa shape index (κ2) is 7.08. The number of nitrogens with zero attached hydrogens (tertiary/aromatic N) is 2. The van der Waals surface area contributed by atoms with E-state index in [1.165, 1.54) is 12.8 Å². The SMILES string of the molecule is CNC(C)(C#N)CC(C)N1CCCC(COC)C1. The summed E-state index contributed by atoms with van der Waals surface area (Å²) in [5.41, 5.74) is -0.423. The van der Waals surface area contributed by atoms with Crippen LogP contribution in [0.4, 0.5) is 0 Å². The molecule has 4 nitrogen and oxygen atoms in total. The summed E-state index contributed by atoms with van der Waals surface area (Å²) >= 11 is 0. The van der Waals surface area contributed by atoms with E-state index < -0.39 is 5.54 Å².